The molecule has 0 radical (unpaired) electrons. The molecule has 0 fully saturated rings. The Kier molecular flexibility index (Phi) is 3.37. The lowest BCUT2D eigenvalue weighted by atomic mass is 10.0. The standard InChI is InChI=1S/C14H10F2O2/c15-13(16)12-3-1-2-11(8-12)9-4-6-10(7-5-9)14(17)18/h1-8,13H,(H,17,18). The molecule has 0 unspecified atom stereocenters. The monoisotopic (exact) mass is 248 g/mol. The number of halogens is 2. The minimum Gasteiger partial charge on any atom is -0.478 e. The van der Waals surface area contributed by atoms with Crippen LogP contribution in [0.25, 0.3) is 11.1 Å². The summed E-state index contributed by atoms with van der Waals surface area (Å²) in [7, 11) is 0. The van der Waals surface area contributed by atoms with E-state index in [-0.39, 0.29) is 11.1 Å². The van der Waals surface area contributed by atoms with Crippen molar-refractivity contribution in [2.75, 3.05) is 0 Å². The molecule has 0 spiro atoms. The zero-order valence-corrected chi connectivity index (χ0v) is 9.31. The van der Waals surface area contributed by atoms with Crippen LogP contribution in [0.5, 0.6) is 0 Å². The molecule has 0 aliphatic rings. The third kappa shape index (κ3) is 2.53. The van der Waals surface area contributed by atoms with E-state index >= 15 is 0 Å². The number of hydrogen-bond acceptors (Lipinski definition) is 1. The maximum Gasteiger partial charge on any atom is 0.335 e. The van der Waals surface area contributed by atoms with Gasteiger partial charge in [-0.25, -0.2) is 13.6 Å². The molecule has 0 aliphatic heterocycles. The zero-order chi connectivity index (χ0) is 13.1. The number of carbonyl (C=O) groups is 1. The third-order valence-electron chi connectivity index (χ3n) is 2.60. The van der Waals surface area contributed by atoms with Crippen molar-refractivity contribution in [1.29, 1.82) is 0 Å². The number of benzene rings is 2. The third-order valence-corrected chi connectivity index (χ3v) is 2.60. The molecule has 4 heteroatoms. The number of rotatable bonds is 3. The van der Waals surface area contributed by atoms with Gasteiger partial charge in [0, 0.05) is 5.56 Å². The Hall–Kier alpha value is -2.23. The Morgan fingerprint density at radius 2 is 1.67 bits per heavy atom. The van der Waals surface area contributed by atoms with Gasteiger partial charge in [-0.15, -0.1) is 0 Å². The molecule has 2 aromatic rings. The zero-order valence-electron chi connectivity index (χ0n) is 9.31. The first-order valence-corrected chi connectivity index (χ1v) is 5.30. The number of hydrogen-bond donors (Lipinski definition) is 1. The number of aromatic carboxylic acids is 1. The van der Waals surface area contributed by atoms with Crippen molar-refractivity contribution >= 4 is 5.97 Å². The van der Waals surface area contributed by atoms with Crippen molar-refractivity contribution in [1.82, 2.24) is 0 Å². The first-order valence-electron chi connectivity index (χ1n) is 5.30. The highest BCUT2D eigenvalue weighted by Crippen LogP contribution is 2.25. The molecule has 18 heavy (non-hydrogen) atoms. The molecule has 1 N–H and O–H groups in total. The van der Waals surface area contributed by atoms with E-state index in [2.05, 4.69) is 0 Å². The predicted molar refractivity (Wildman–Crippen MR) is 63.8 cm³/mol. The molecule has 0 aromatic heterocycles. The van der Waals surface area contributed by atoms with Gasteiger partial charge in [-0.2, -0.15) is 0 Å². The lowest BCUT2D eigenvalue weighted by Gasteiger charge is -2.05. The van der Waals surface area contributed by atoms with Gasteiger partial charge in [0.25, 0.3) is 6.43 Å². The van der Waals surface area contributed by atoms with Crippen LogP contribution in [0.3, 0.4) is 0 Å². The average molecular weight is 248 g/mol. The molecule has 92 valence electrons. The molecule has 2 nitrogen and oxygen atoms in total. The summed E-state index contributed by atoms with van der Waals surface area (Å²) in [5.74, 6) is -1.01. The maximum absolute atomic E-state index is 12.6. The summed E-state index contributed by atoms with van der Waals surface area (Å²) < 4.78 is 25.1. The second kappa shape index (κ2) is 4.96. The molecular formula is C14H10F2O2. The largest absolute Gasteiger partial charge is 0.478 e. The van der Waals surface area contributed by atoms with Gasteiger partial charge in [0.05, 0.1) is 5.56 Å². The van der Waals surface area contributed by atoms with Crippen molar-refractivity contribution in [2.24, 2.45) is 0 Å². The minimum atomic E-state index is -2.51. The molecule has 0 bridgehead atoms. The van der Waals surface area contributed by atoms with Gasteiger partial charge in [0.1, 0.15) is 0 Å². The Morgan fingerprint density at radius 3 is 2.22 bits per heavy atom. The molecule has 0 heterocycles. The van der Waals surface area contributed by atoms with E-state index in [0.29, 0.717) is 11.1 Å². The fourth-order valence-electron chi connectivity index (χ4n) is 1.66. The maximum atomic E-state index is 12.6. The summed E-state index contributed by atoms with van der Waals surface area (Å²) in [5.41, 5.74) is 1.48. The predicted octanol–water partition coefficient (Wildman–Crippen LogP) is 3.99. The lowest BCUT2D eigenvalue weighted by Crippen LogP contribution is -1.95. The molecule has 0 atom stereocenters. The van der Waals surface area contributed by atoms with Gasteiger partial charge in [0.2, 0.25) is 0 Å². The quantitative estimate of drug-likeness (QED) is 0.891. The SMILES string of the molecule is O=C(O)c1ccc(-c2cccc(C(F)F)c2)cc1. The second-order valence-electron chi connectivity index (χ2n) is 3.81. The number of carboxylic acids is 1. The molecule has 0 saturated carbocycles. The molecule has 2 rings (SSSR count). The van der Waals surface area contributed by atoms with E-state index < -0.39 is 12.4 Å². The van der Waals surface area contributed by atoms with Crippen LogP contribution in [0.2, 0.25) is 0 Å². The summed E-state index contributed by atoms with van der Waals surface area (Å²) in [6.07, 6.45) is -2.51. The van der Waals surface area contributed by atoms with Crippen LogP contribution in [0.15, 0.2) is 48.5 Å². The minimum absolute atomic E-state index is 0.0465. The fraction of sp³-hybridized carbons (Fsp3) is 0.0714. The van der Waals surface area contributed by atoms with E-state index in [0.717, 1.165) is 0 Å². The van der Waals surface area contributed by atoms with Crippen LogP contribution in [0.4, 0.5) is 8.78 Å². The fourth-order valence-corrected chi connectivity index (χ4v) is 1.66. The van der Waals surface area contributed by atoms with E-state index in [9.17, 15) is 13.6 Å². The molecule has 0 amide bonds. The Morgan fingerprint density at radius 1 is 1.00 bits per heavy atom. The van der Waals surface area contributed by atoms with Crippen LogP contribution in [-0.4, -0.2) is 11.1 Å². The van der Waals surface area contributed by atoms with Crippen molar-refractivity contribution in [3.8, 4) is 11.1 Å². The Balaban J connectivity index is 2.36. The lowest BCUT2D eigenvalue weighted by molar-refractivity contribution is 0.0697. The summed E-state index contributed by atoms with van der Waals surface area (Å²) >= 11 is 0. The van der Waals surface area contributed by atoms with Crippen molar-refractivity contribution in [2.45, 2.75) is 6.43 Å². The van der Waals surface area contributed by atoms with Gasteiger partial charge in [0.15, 0.2) is 0 Å². The van der Waals surface area contributed by atoms with Gasteiger partial charge < -0.3 is 5.11 Å². The smallest absolute Gasteiger partial charge is 0.335 e. The van der Waals surface area contributed by atoms with Crippen molar-refractivity contribution in [3.63, 3.8) is 0 Å². The van der Waals surface area contributed by atoms with Gasteiger partial charge in [-0.1, -0.05) is 30.3 Å². The molecule has 0 saturated heterocycles. The van der Waals surface area contributed by atoms with Gasteiger partial charge in [-0.3, -0.25) is 0 Å². The van der Waals surface area contributed by atoms with E-state index in [1.165, 1.54) is 24.3 Å². The molecule has 2 aromatic carbocycles. The van der Waals surface area contributed by atoms with E-state index in [1.807, 2.05) is 0 Å². The normalized spacial score (nSPS) is 10.6. The highest BCUT2D eigenvalue weighted by atomic mass is 19.3. The number of carboxylic acid groups (broad SMARTS) is 1. The summed E-state index contributed by atoms with van der Waals surface area (Å²) in [5, 5.41) is 8.76. The van der Waals surface area contributed by atoms with Crippen molar-refractivity contribution < 1.29 is 18.7 Å². The van der Waals surface area contributed by atoms with E-state index in [1.54, 1.807) is 24.3 Å². The summed E-state index contributed by atoms with van der Waals surface area (Å²) in [4.78, 5) is 10.7. The Labute approximate surface area is 103 Å². The number of alkyl halides is 2. The first-order chi connectivity index (χ1) is 8.58. The summed E-state index contributed by atoms with van der Waals surface area (Å²) in [6, 6.07) is 12.1. The first kappa shape index (κ1) is 12.2. The van der Waals surface area contributed by atoms with Crippen LogP contribution in [0.1, 0.15) is 22.3 Å². The van der Waals surface area contributed by atoms with Crippen LogP contribution in [-0.2, 0) is 0 Å². The Bertz CT molecular complexity index is 562. The highest BCUT2D eigenvalue weighted by Gasteiger charge is 2.08. The topological polar surface area (TPSA) is 37.3 Å². The highest BCUT2D eigenvalue weighted by molar-refractivity contribution is 5.88. The summed E-state index contributed by atoms with van der Waals surface area (Å²) in [6.45, 7) is 0. The van der Waals surface area contributed by atoms with Crippen LogP contribution >= 0.6 is 0 Å². The van der Waals surface area contributed by atoms with Gasteiger partial charge in [-0.05, 0) is 29.3 Å². The molecular weight excluding hydrogens is 238 g/mol. The second-order valence-corrected chi connectivity index (χ2v) is 3.81. The van der Waals surface area contributed by atoms with Crippen LogP contribution in [0, 0.1) is 0 Å². The van der Waals surface area contributed by atoms with Crippen LogP contribution < -0.4 is 0 Å². The van der Waals surface area contributed by atoms with Gasteiger partial charge >= 0.3 is 5.97 Å². The van der Waals surface area contributed by atoms with E-state index in [4.69, 9.17) is 5.11 Å². The molecule has 0 aliphatic carbocycles. The average Bonchev–Trinajstić information content (AvgIpc) is 2.39. The van der Waals surface area contributed by atoms with Crippen molar-refractivity contribution in [3.05, 3.63) is 59.7 Å².